The van der Waals surface area contributed by atoms with E-state index < -0.39 is 0 Å². The van der Waals surface area contributed by atoms with Crippen molar-refractivity contribution in [3.05, 3.63) is 29.6 Å². The Morgan fingerprint density at radius 2 is 1.57 bits per heavy atom. The van der Waals surface area contributed by atoms with Gasteiger partial charge in [-0.25, -0.2) is 4.98 Å². The molecule has 0 saturated heterocycles. The van der Waals surface area contributed by atoms with Gasteiger partial charge in [-0.05, 0) is 45.7 Å². The maximum atomic E-state index is 12.4. The number of hydrogen-bond acceptors (Lipinski definition) is 3. The minimum Gasteiger partial charge on any atom is -0.348 e. The van der Waals surface area contributed by atoms with Crippen LogP contribution in [0.2, 0.25) is 0 Å². The maximum absolute atomic E-state index is 12.4. The Hall–Kier alpha value is -1.91. The van der Waals surface area contributed by atoms with Gasteiger partial charge in [0.15, 0.2) is 0 Å². The van der Waals surface area contributed by atoms with E-state index in [0.717, 1.165) is 25.7 Å². The van der Waals surface area contributed by atoms with Crippen molar-refractivity contribution in [2.45, 2.75) is 70.9 Å². The van der Waals surface area contributed by atoms with Crippen molar-refractivity contribution in [1.82, 2.24) is 15.6 Å². The van der Waals surface area contributed by atoms with Gasteiger partial charge in [0.05, 0.1) is 0 Å². The lowest BCUT2D eigenvalue weighted by molar-refractivity contribution is 0.0913. The molecular weight excluding hydrogens is 290 g/mol. The van der Waals surface area contributed by atoms with Gasteiger partial charge in [0.2, 0.25) is 0 Å². The molecule has 1 aromatic heterocycles. The Kier molecular flexibility index (Phi) is 5.74. The number of aromatic nitrogens is 1. The molecule has 0 spiro atoms. The Labute approximate surface area is 138 Å². The highest BCUT2D eigenvalue weighted by molar-refractivity contribution is 5.96. The second-order valence-electron chi connectivity index (χ2n) is 7.27. The Balaban J connectivity index is 2.03. The fourth-order valence-electron chi connectivity index (χ4n) is 2.78. The number of hydrogen-bond donors (Lipinski definition) is 2. The number of pyridine rings is 1. The summed E-state index contributed by atoms with van der Waals surface area (Å²) >= 11 is 0. The zero-order valence-electron chi connectivity index (χ0n) is 14.3. The SMILES string of the molecule is CC(C)(C)NC(=O)c1cccc(C(=O)NC2CCCCCC2)n1. The largest absolute Gasteiger partial charge is 0.348 e. The highest BCUT2D eigenvalue weighted by atomic mass is 16.2. The lowest BCUT2D eigenvalue weighted by Crippen LogP contribution is -2.41. The predicted octanol–water partition coefficient (Wildman–Crippen LogP) is 3.06. The number of rotatable bonds is 3. The number of amides is 2. The zero-order chi connectivity index (χ0) is 16.9. The first-order chi connectivity index (χ1) is 10.8. The molecule has 1 aliphatic rings. The molecule has 0 unspecified atom stereocenters. The van der Waals surface area contributed by atoms with Gasteiger partial charge in [0.25, 0.3) is 11.8 Å². The van der Waals surface area contributed by atoms with Crippen molar-refractivity contribution in [2.24, 2.45) is 0 Å². The summed E-state index contributed by atoms with van der Waals surface area (Å²) in [5.41, 5.74) is 0.237. The molecule has 5 heteroatoms. The van der Waals surface area contributed by atoms with E-state index in [2.05, 4.69) is 15.6 Å². The lowest BCUT2D eigenvalue weighted by atomic mass is 10.1. The molecule has 5 nitrogen and oxygen atoms in total. The first kappa shape index (κ1) is 17.4. The molecule has 1 aliphatic carbocycles. The molecule has 2 rings (SSSR count). The van der Waals surface area contributed by atoms with Crippen LogP contribution < -0.4 is 10.6 Å². The number of carbonyl (C=O) groups is 2. The van der Waals surface area contributed by atoms with E-state index in [1.807, 2.05) is 20.8 Å². The second kappa shape index (κ2) is 7.57. The fraction of sp³-hybridized carbons (Fsp3) is 0.611. The molecule has 0 bridgehead atoms. The summed E-state index contributed by atoms with van der Waals surface area (Å²) < 4.78 is 0. The molecule has 1 heterocycles. The number of nitrogens with one attached hydrogen (secondary N) is 2. The highest BCUT2D eigenvalue weighted by Crippen LogP contribution is 2.17. The van der Waals surface area contributed by atoms with Crippen molar-refractivity contribution in [1.29, 1.82) is 0 Å². The molecular formula is C18H27N3O2. The fourth-order valence-corrected chi connectivity index (χ4v) is 2.78. The summed E-state index contributed by atoms with van der Waals surface area (Å²) in [4.78, 5) is 28.8. The summed E-state index contributed by atoms with van der Waals surface area (Å²) in [5, 5.41) is 5.91. The van der Waals surface area contributed by atoms with Crippen LogP contribution in [0, 0.1) is 0 Å². The van der Waals surface area contributed by atoms with Crippen LogP contribution in [0.15, 0.2) is 18.2 Å². The van der Waals surface area contributed by atoms with Crippen LogP contribution in [0.25, 0.3) is 0 Å². The lowest BCUT2D eigenvalue weighted by Gasteiger charge is -2.20. The smallest absolute Gasteiger partial charge is 0.270 e. The average Bonchev–Trinajstić information content (AvgIpc) is 2.74. The average molecular weight is 317 g/mol. The van der Waals surface area contributed by atoms with Crippen LogP contribution in [-0.4, -0.2) is 28.4 Å². The van der Waals surface area contributed by atoms with Gasteiger partial charge in [-0.3, -0.25) is 9.59 Å². The Morgan fingerprint density at radius 3 is 2.13 bits per heavy atom. The third kappa shape index (κ3) is 5.66. The Bertz CT molecular complexity index is 556. The molecule has 0 aliphatic heterocycles. The van der Waals surface area contributed by atoms with Crippen molar-refractivity contribution < 1.29 is 9.59 Å². The summed E-state index contributed by atoms with van der Waals surface area (Å²) in [6.45, 7) is 5.73. The minimum atomic E-state index is -0.336. The molecule has 0 atom stereocenters. The summed E-state index contributed by atoms with van der Waals surface area (Å²) in [6, 6.07) is 5.20. The Morgan fingerprint density at radius 1 is 1.00 bits per heavy atom. The van der Waals surface area contributed by atoms with Crippen LogP contribution in [0.4, 0.5) is 0 Å². The molecule has 1 saturated carbocycles. The van der Waals surface area contributed by atoms with Gasteiger partial charge in [-0.15, -0.1) is 0 Å². The molecule has 0 radical (unpaired) electrons. The van der Waals surface area contributed by atoms with Gasteiger partial charge >= 0.3 is 0 Å². The number of carbonyl (C=O) groups excluding carboxylic acids is 2. The highest BCUT2D eigenvalue weighted by Gasteiger charge is 2.19. The van der Waals surface area contributed by atoms with Crippen molar-refractivity contribution in [2.75, 3.05) is 0 Å². The maximum Gasteiger partial charge on any atom is 0.270 e. The first-order valence-corrected chi connectivity index (χ1v) is 8.45. The van der Waals surface area contributed by atoms with Crippen LogP contribution in [0.1, 0.15) is 80.3 Å². The van der Waals surface area contributed by atoms with E-state index >= 15 is 0 Å². The standard InChI is InChI=1S/C18H27N3O2/c1-18(2,3)21-17(23)15-12-8-11-14(20-15)16(22)19-13-9-6-4-5-7-10-13/h8,11-13H,4-7,9-10H2,1-3H3,(H,19,22)(H,21,23). The molecule has 126 valence electrons. The summed E-state index contributed by atoms with van der Waals surface area (Å²) in [5.74, 6) is -0.455. The van der Waals surface area contributed by atoms with Gasteiger partial charge in [0, 0.05) is 11.6 Å². The molecule has 1 aromatic rings. The predicted molar refractivity (Wildman–Crippen MR) is 90.4 cm³/mol. The third-order valence-electron chi connectivity index (χ3n) is 3.89. The normalized spacial score (nSPS) is 16.5. The van der Waals surface area contributed by atoms with Crippen LogP contribution in [0.5, 0.6) is 0 Å². The first-order valence-electron chi connectivity index (χ1n) is 8.45. The van der Waals surface area contributed by atoms with Gasteiger partial charge in [-0.2, -0.15) is 0 Å². The summed E-state index contributed by atoms with van der Waals surface area (Å²) in [7, 11) is 0. The van der Waals surface area contributed by atoms with E-state index in [9.17, 15) is 9.59 Å². The molecule has 2 N–H and O–H groups in total. The van der Waals surface area contributed by atoms with Gasteiger partial charge < -0.3 is 10.6 Å². The van der Waals surface area contributed by atoms with Crippen LogP contribution in [0.3, 0.4) is 0 Å². The molecule has 2 amide bonds. The van der Waals surface area contributed by atoms with Crippen molar-refractivity contribution >= 4 is 11.8 Å². The quantitative estimate of drug-likeness (QED) is 0.842. The topological polar surface area (TPSA) is 71.1 Å². The molecule has 1 fully saturated rings. The van der Waals surface area contributed by atoms with E-state index in [1.165, 1.54) is 12.8 Å². The second-order valence-corrected chi connectivity index (χ2v) is 7.27. The zero-order valence-corrected chi connectivity index (χ0v) is 14.3. The van der Waals surface area contributed by atoms with E-state index in [-0.39, 0.29) is 29.1 Å². The molecule has 23 heavy (non-hydrogen) atoms. The summed E-state index contributed by atoms with van der Waals surface area (Å²) in [6.07, 6.45) is 6.85. The third-order valence-corrected chi connectivity index (χ3v) is 3.89. The van der Waals surface area contributed by atoms with E-state index in [4.69, 9.17) is 0 Å². The molecule has 0 aromatic carbocycles. The van der Waals surface area contributed by atoms with Gasteiger partial charge in [-0.1, -0.05) is 31.7 Å². The van der Waals surface area contributed by atoms with Crippen LogP contribution >= 0.6 is 0 Å². The minimum absolute atomic E-state index is 0.192. The van der Waals surface area contributed by atoms with Crippen molar-refractivity contribution in [3.63, 3.8) is 0 Å². The van der Waals surface area contributed by atoms with E-state index in [1.54, 1.807) is 18.2 Å². The van der Waals surface area contributed by atoms with Crippen molar-refractivity contribution in [3.8, 4) is 0 Å². The monoisotopic (exact) mass is 317 g/mol. The van der Waals surface area contributed by atoms with E-state index in [0.29, 0.717) is 5.69 Å². The number of nitrogens with zero attached hydrogens (tertiary/aromatic N) is 1. The van der Waals surface area contributed by atoms with Crippen LogP contribution in [-0.2, 0) is 0 Å². The van der Waals surface area contributed by atoms with Gasteiger partial charge in [0.1, 0.15) is 11.4 Å².